The second-order valence-electron chi connectivity index (χ2n) is 10.2. The zero-order valence-electron chi connectivity index (χ0n) is 21.9. The molecule has 212 valence electrons. The maximum atomic E-state index is 13.9. The first-order valence-corrected chi connectivity index (χ1v) is 14.5. The highest BCUT2D eigenvalue weighted by atomic mass is 32.2. The van der Waals surface area contributed by atoms with Crippen molar-refractivity contribution in [3.63, 3.8) is 0 Å². The fourth-order valence-electron chi connectivity index (χ4n) is 4.75. The highest BCUT2D eigenvalue weighted by molar-refractivity contribution is 7.88. The van der Waals surface area contributed by atoms with Crippen LogP contribution in [0.2, 0.25) is 0 Å². The van der Waals surface area contributed by atoms with Crippen LogP contribution in [0.1, 0.15) is 24.5 Å². The molecule has 2 aromatic carbocycles. The van der Waals surface area contributed by atoms with Crippen molar-refractivity contribution < 1.29 is 21.9 Å². The molecule has 10 nitrogen and oxygen atoms in total. The predicted molar refractivity (Wildman–Crippen MR) is 146 cm³/mol. The number of ether oxygens (including phenoxy) is 1. The Labute approximate surface area is 230 Å². The molecule has 0 spiro atoms. The van der Waals surface area contributed by atoms with Crippen molar-refractivity contribution in [3.8, 4) is 11.4 Å². The Balaban J connectivity index is 1.34. The van der Waals surface area contributed by atoms with Crippen LogP contribution in [-0.4, -0.2) is 61.1 Å². The molecule has 13 heteroatoms. The van der Waals surface area contributed by atoms with E-state index < -0.39 is 27.2 Å². The minimum atomic E-state index is -3.63. The first-order chi connectivity index (χ1) is 19.0. The maximum absolute atomic E-state index is 13.9. The zero-order valence-corrected chi connectivity index (χ0v) is 22.7. The molecule has 2 unspecified atom stereocenters. The Kier molecular flexibility index (Phi) is 7.60. The lowest BCUT2D eigenvalue weighted by atomic mass is 10.1. The average Bonchev–Trinajstić information content (AvgIpc) is 3.62. The molecule has 2 fully saturated rings. The maximum Gasteiger partial charge on any atom is 0.316 e. The molecule has 3 aromatic rings. The van der Waals surface area contributed by atoms with Gasteiger partial charge >= 0.3 is 5.56 Å². The first-order valence-electron chi connectivity index (χ1n) is 12.9. The van der Waals surface area contributed by atoms with Crippen molar-refractivity contribution >= 4 is 21.5 Å². The Morgan fingerprint density at radius 1 is 1.10 bits per heavy atom. The summed E-state index contributed by atoms with van der Waals surface area (Å²) in [6, 6.07) is 9.25. The van der Waals surface area contributed by atoms with Crippen LogP contribution in [0.15, 0.2) is 53.5 Å². The summed E-state index contributed by atoms with van der Waals surface area (Å²) < 4.78 is 62.2. The number of sulfonamides is 1. The molecule has 5 rings (SSSR count). The van der Waals surface area contributed by atoms with E-state index in [1.807, 2.05) is 4.90 Å². The van der Waals surface area contributed by atoms with Crippen LogP contribution in [0.5, 0.6) is 5.75 Å². The molecule has 2 heterocycles. The molecular formula is C27H30F2N6O4S. The number of nitrogens with zero attached hydrogens (tertiary/aromatic N) is 4. The second kappa shape index (κ2) is 11.0. The number of benzene rings is 2. The Bertz CT molecular complexity index is 1570. The molecule has 2 atom stereocenters. The largest absolute Gasteiger partial charge is 0.486 e. The molecular weight excluding hydrogens is 542 g/mol. The van der Waals surface area contributed by atoms with Crippen LogP contribution < -0.4 is 20.9 Å². The zero-order chi connectivity index (χ0) is 28.6. The van der Waals surface area contributed by atoms with E-state index >= 15 is 0 Å². The summed E-state index contributed by atoms with van der Waals surface area (Å²) in [5, 5.41) is 11.6. The molecule has 0 bridgehead atoms. The third-order valence-electron chi connectivity index (χ3n) is 7.31. The highest BCUT2D eigenvalue weighted by Gasteiger charge is 2.34. The molecule has 1 saturated heterocycles. The molecule has 1 aromatic heterocycles. The molecule has 3 N–H and O–H groups in total. The quantitative estimate of drug-likeness (QED) is 0.297. The van der Waals surface area contributed by atoms with Gasteiger partial charge in [0.1, 0.15) is 23.2 Å². The SMILES string of the molecule is CC1CC1COc1c(N2CCN(S(=O)(=O)Cc3ccc(C(=N)N)cc3)CC2)cnn(-c2cc(F)cc(F)c2)c1=O. The lowest BCUT2D eigenvalue weighted by molar-refractivity contribution is 0.286. The van der Waals surface area contributed by atoms with Gasteiger partial charge < -0.3 is 15.4 Å². The number of aromatic nitrogens is 2. The number of amidine groups is 1. The molecule has 1 aliphatic heterocycles. The number of piperazine rings is 1. The van der Waals surface area contributed by atoms with E-state index in [9.17, 15) is 22.0 Å². The molecule has 0 amide bonds. The van der Waals surface area contributed by atoms with E-state index in [0.717, 1.165) is 23.2 Å². The van der Waals surface area contributed by atoms with Gasteiger partial charge in [-0.1, -0.05) is 31.2 Å². The highest BCUT2D eigenvalue weighted by Crippen LogP contribution is 2.38. The second-order valence-corrected chi connectivity index (χ2v) is 12.2. The lowest BCUT2D eigenvalue weighted by Crippen LogP contribution is -2.49. The standard InChI is InChI=1S/C27H30F2N6O4S/c1-17-10-20(17)15-39-25-24(14-32-35(27(25)36)23-12-21(28)11-22(29)13-23)33-6-8-34(9-7-33)40(37,38)16-18-2-4-19(5-3-18)26(30)31/h2-5,11-14,17,20H,6-10,15-16H2,1H3,(H3,30,31). The van der Waals surface area contributed by atoms with Crippen molar-refractivity contribution in [3.05, 3.63) is 81.8 Å². The normalized spacial score (nSPS) is 19.4. The predicted octanol–water partition coefficient (Wildman–Crippen LogP) is 2.48. The average molecular weight is 573 g/mol. The van der Waals surface area contributed by atoms with Gasteiger partial charge in [-0.15, -0.1) is 0 Å². The number of hydrogen-bond donors (Lipinski definition) is 2. The summed E-state index contributed by atoms with van der Waals surface area (Å²) in [5.41, 5.74) is 6.26. The monoisotopic (exact) mass is 572 g/mol. The van der Waals surface area contributed by atoms with Gasteiger partial charge in [-0.25, -0.2) is 17.2 Å². The fraction of sp³-hybridized carbons (Fsp3) is 0.370. The van der Waals surface area contributed by atoms with Crippen molar-refractivity contribution in [2.75, 3.05) is 37.7 Å². The van der Waals surface area contributed by atoms with E-state index in [1.165, 1.54) is 10.5 Å². The number of hydrogen-bond acceptors (Lipinski definition) is 7. The number of rotatable bonds is 9. The van der Waals surface area contributed by atoms with Gasteiger partial charge in [-0.2, -0.15) is 14.1 Å². The Hall–Kier alpha value is -3.84. The minimum Gasteiger partial charge on any atom is -0.486 e. The van der Waals surface area contributed by atoms with Crippen LogP contribution in [-0.2, 0) is 15.8 Å². The van der Waals surface area contributed by atoms with E-state index in [1.54, 1.807) is 24.3 Å². The van der Waals surface area contributed by atoms with Gasteiger partial charge in [0.2, 0.25) is 15.8 Å². The molecule has 40 heavy (non-hydrogen) atoms. The number of anilines is 1. The minimum absolute atomic E-state index is 0.0145. The van der Waals surface area contributed by atoms with Gasteiger partial charge in [0.25, 0.3) is 0 Å². The Morgan fingerprint density at radius 3 is 2.30 bits per heavy atom. The summed E-state index contributed by atoms with van der Waals surface area (Å²) in [5.74, 6) is -1.15. The van der Waals surface area contributed by atoms with Crippen LogP contribution >= 0.6 is 0 Å². The molecule has 0 radical (unpaired) electrons. The van der Waals surface area contributed by atoms with Crippen LogP contribution in [0.3, 0.4) is 0 Å². The lowest BCUT2D eigenvalue weighted by Gasteiger charge is -2.35. The van der Waals surface area contributed by atoms with Gasteiger partial charge in [0.15, 0.2) is 0 Å². The summed E-state index contributed by atoms with van der Waals surface area (Å²) in [4.78, 5) is 15.3. The van der Waals surface area contributed by atoms with Crippen LogP contribution in [0.4, 0.5) is 14.5 Å². The summed E-state index contributed by atoms with van der Waals surface area (Å²) in [6.45, 7) is 3.36. The van der Waals surface area contributed by atoms with Crippen molar-refractivity contribution in [2.45, 2.75) is 19.1 Å². The molecule has 1 aliphatic carbocycles. The van der Waals surface area contributed by atoms with Gasteiger partial charge in [0.05, 0.1) is 24.2 Å². The van der Waals surface area contributed by atoms with Gasteiger partial charge in [-0.3, -0.25) is 10.2 Å². The summed E-state index contributed by atoms with van der Waals surface area (Å²) in [7, 11) is -3.63. The van der Waals surface area contributed by atoms with Crippen molar-refractivity contribution in [1.29, 1.82) is 5.41 Å². The first kappa shape index (κ1) is 27.7. The number of nitrogens with two attached hydrogens (primary N) is 1. The third-order valence-corrected chi connectivity index (χ3v) is 9.16. The van der Waals surface area contributed by atoms with E-state index in [0.29, 0.717) is 54.4 Å². The summed E-state index contributed by atoms with van der Waals surface area (Å²) in [6.07, 6.45) is 2.40. The summed E-state index contributed by atoms with van der Waals surface area (Å²) >= 11 is 0. The molecule has 2 aliphatic rings. The molecule has 1 saturated carbocycles. The van der Waals surface area contributed by atoms with E-state index in [4.69, 9.17) is 15.9 Å². The van der Waals surface area contributed by atoms with Gasteiger partial charge in [0, 0.05) is 37.8 Å². The Morgan fingerprint density at radius 2 is 1.73 bits per heavy atom. The number of halogens is 2. The van der Waals surface area contributed by atoms with Crippen LogP contribution in [0, 0.1) is 28.9 Å². The number of nitrogens with one attached hydrogen (secondary N) is 1. The van der Waals surface area contributed by atoms with Crippen LogP contribution in [0.25, 0.3) is 5.69 Å². The third kappa shape index (κ3) is 5.99. The smallest absolute Gasteiger partial charge is 0.316 e. The van der Waals surface area contributed by atoms with E-state index in [-0.39, 0.29) is 36.1 Å². The van der Waals surface area contributed by atoms with E-state index in [2.05, 4.69) is 12.0 Å². The topological polar surface area (TPSA) is 135 Å². The van der Waals surface area contributed by atoms with Gasteiger partial charge in [-0.05, 0) is 36.0 Å². The number of nitrogen functional groups attached to an aromatic ring is 1. The van der Waals surface area contributed by atoms with Crippen molar-refractivity contribution in [2.24, 2.45) is 17.6 Å². The van der Waals surface area contributed by atoms with Crippen molar-refractivity contribution in [1.82, 2.24) is 14.1 Å². The fourth-order valence-corrected chi connectivity index (χ4v) is 6.26.